The molecule has 0 spiro atoms. The molecule has 0 fully saturated rings. The van der Waals surface area contributed by atoms with E-state index in [-0.39, 0.29) is 12.4 Å². The highest BCUT2D eigenvalue weighted by Gasteiger charge is 2.16. The Hall–Kier alpha value is -2.09. The maximum atomic E-state index is 14.0. The summed E-state index contributed by atoms with van der Waals surface area (Å²) in [4.78, 5) is 6.30. The van der Waals surface area contributed by atoms with Crippen LogP contribution in [0.25, 0.3) is 11.4 Å². The molecule has 1 N–H and O–H groups in total. The van der Waals surface area contributed by atoms with Crippen LogP contribution in [0.4, 0.5) is 4.39 Å². The summed E-state index contributed by atoms with van der Waals surface area (Å²) in [6.07, 6.45) is 0. The molecule has 136 valence electrons. The fourth-order valence-corrected chi connectivity index (χ4v) is 3.11. The van der Waals surface area contributed by atoms with E-state index in [1.54, 1.807) is 12.1 Å². The molecule has 0 aliphatic heterocycles. The number of hydrogen-bond acceptors (Lipinski definition) is 5. The van der Waals surface area contributed by atoms with Crippen molar-refractivity contribution in [2.45, 2.75) is 20.0 Å². The Labute approximate surface area is 159 Å². The topological polar surface area (TPSA) is 62.4 Å². The lowest BCUT2D eigenvalue weighted by Gasteiger charge is -2.19. The number of aromatic nitrogens is 2. The second kappa shape index (κ2) is 8.53. The average molecular weight is 420 g/mol. The van der Waals surface area contributed by atoms with Crippen LogP contribution < -0.4 is 0 Å². The van der Waals surface area contributed by atoms with Gasteiger partial charge in [-0.2, -0.15) is 4.98 Å². The number of nitrogens with zero attached hydrogens (tertiary/aromatic N) is 3. The van der Waals surface area contributed by atoms with Crippen LogP contribution in [0.15, 0.2) is 51.5 Å². The number of rotatable bonds is 7. The predicted octanol–water partition coefficient (Wildman–Crippen LogP) is 3.94. The minimum absolute atomic E-state index is 0.0472. The number of benzene rings is 2. The van der Waals surface area contributed by atoms with Crippen LogP contribution in [0.5, 0.6) is 0 Å². The van der Waals surface area contributed by atoms with Gasteiger partial charge in [0, 0.05) is 28.7 Å². The molecule has 0 amide bonds. The van der Waals surface area contributed by atoms with Gasteiger partial charge >= 0.3 is 0 Å². The summed E-state index contributed by atoms with van der Waals surface area (Å²) >= 11 is 3.35. The van der Waals surface area contributed by atoms with E-state index in [0.717, 1.165) is 15.6 Å². The van der Waals surface area contributed by atoms with Gasteiger partial charge < -0.3 is 9.63 Å². The first kappa shape index (κ1) is 18.7. The molecular weight excluding hydrogens is 401 g/mol. The highest BCUT2D eigenvalue weighted by atomic mass is 79.9. The number of aliphatic hydroxyl groups excluding tert-OH is 1. The van der Waals surface area contributed by atoms with E-state index >= 15 is 0 Å². The molecule has 0 aliphatic carbocycles. The molecule has 0 unspecified atom stereocenters. The van der Waals surface area contributed by atoms with Crippen LogP contribution in [0.1, 0.15) is 17.0 Å². The SMILES string of the molecule is Cc1ccccc1-c1noc(CN(CCO)Cc2cc(Br)ccc2F)n1. The van der Waals surface area contributed by atoms with Gasteiger partial charge in [-0.05, 0) is 30.7 Å². The first-order valence-corrected chi connectivity index (χ1v) is 9.02. The van der Waals surface area contributed by atoms with E-state index < -0.39 is 0 Å². The van der Waals surface area contributed by atoms with Crippen molar-refractivity contribution in [1.29, 1.82) is 0 Å². The quantitative estimate of drug-likeness (QED) is 0.628. The number of aryl methyl sites for hydroxylation is 1. The van der Waals surface area contributed by atoms with Crippen LogP contribution >= 0.6 is 15.9 Å². The number of halogens is 2. The third kappa shape index (κ3) is 4.55. The summed E-state index contributed by atoms with van der Waals surface area (Å²) in [5, 5.41) is 13.4. The number of hydrogen-bond donors (Lipinski definition) is 1. The predicted molar refractivity (Wildman–Crippen MR) is 99.8 cm³/mol. The maximum Gasteiger partial charge on any atom is 0.241 e. The summed E-state index contributed by atoms with van der Waals surface area (Å²) in [5.74, 6) is 0.657. The lowest BCUT2D eigenvalue weighted by molar-refractivity contribution is 0.166. The van der Waals surface area contributed by atoms with Gasteiger partial charge in [-0.3, -0.25) is 4.90 Å². The Morgan fingerprint density at radius 3 is 2.77 bits per heavy atom. The van der Waals surface area contributed by atoms with Gasteiger partial charge in [-0.25, -0.2) is 4.39 Å². The summed E-state index contributed by atoms with van der Waals surface area (Å²) in [6, 6.07) is 12.6. The second-order valence-electron chi connectivity index (χ2n) is 6.00. The van der Waals surface area contributed by atoms with Gasteiger partial charge in [0.1, 0.15) is 5.82 Å². The van der Waals surface area contributed by atoms with E-state index in [0.29, 0.717) is 36.9 Å². The molecule has 1 aromatic heterocycles. The van der Waals surface area contributed by atoms with Crippen LogP contribution in [0.2, 0.25) is 0 Å². The van der Waals surface area contributed by atoms with Crippen molar-refractivity contribution in [2.24, 2.45) is 0 Å². The van der Waals surface area contributed by atoms with Crippen molar-refractivity contribution in [3.8, 4) is 11.4 Å². The van der Waals surface area contributed by atoms with Gasteiger partial charge in [0.25, 0.3) is 0 Å². The first-order valence-electron chi connectivity index (χ1n) is 8.22. The third-order valence-corrected chi connectivity index (χ3v) is 4.52. The normalized spacial score (nSPS) is 11.3. The van der Waals surface area contributed by atoms with Crippen molar-refractivity contribution in [2.75, 3.05) is 13.2 Å². The molecule has 1 heterocycles. The molecule has 0 atom stereocenters. The molecule has 3 aromatic rings. The highest BCUT2D eigenvalue weighted by molar-refractivity contribution is 9.10. The minimum Gasteiger partial charge on any atom is -0.395 e. The van der Waals surface area contributed by atoms with Gasteiger partial charge in [-0.1, -0.05) is 45.4 Å². The zero-order chi connectivity index (χ0) is 18.5. The lowest BCUT2D eigenvalue weighted by Crippen LogP contribution is -2.26. The Morgan fingerprint density at radius 2 is 2.00 bits per heavy atom. The summed E-state index contributed by atoms with van der Waals surface area (Å²) in [6.45, 7) is 2.96. The van der Waals surface area contributed by atoms with Crippen LogP contribution in [-0.4, -0.2) is 33.3 Å². The van der Waals surface area contributed by atoms with Gasteiger partial charge in [0.2, 0.25) is 11.7 Å². The van der Waals surface area contributed by atoms with Crippen LogP contribution in [0, 0.1) is 12.7 Å². The number of aliphatic hydroxyl groups is 1. The Kier molecular flexibility index (Phi) is 6.13. The van der Waals surface area contributed by atoms with Crippen molar-refractivity contribution >= 4 is 15.9 Å². The third-order valence-electron chi connectivity index (χ3n) is 4.03. The van der Waals surface area contributed by atoms with Crippen molar-refractivity contribution in [3.63, 3.8) is 0 Å². The van der Waals surface area contributed by atoms with E-state index in [9.17, 15) is 9.50 Å². The summed E-state index contributed by atoms with van der Waals surface area (Å²) in [7, 11) is 0. The monoisotopic (exact) mass is 419 g/mol. The van der Waals surface area contributed by atoms with E-state index in [4.69, 9.17) is 4.52 Å². The molecule has 3 rings (SSSR count). The van der Waals surface area contributed by atoms with Crippen molar-refractivity contribution in [1.82, 2.24) is 15.0 Å². The second-order valence-corrected chi connectivity index (χ2v) is 6.91. The van der Waals surface area contributed by atoms with E-state index in [2.05, 4.69) is 26.1 Å². The van der Waals surface area contributed by atoms with Crippen LogP contribution in [0.3, 0.4) is 0 Å². The maximum absolute atomic E-state index is 14.0. The lowest BCUT2D eigenvalue weighted by atomic mass is 10.1. The smallest absolute Gasteiger partial charge is 0.241 e. The minimum atomic E-state index is -0.290. The zero-order valence-electron chi connectivity index (χ0n) is 14.3. The molecule has 0 radical (unpaired) electrons. The van der Waals surface area contributed by atoms with Gasteiger partial charge in [-0.15, -0.1) is 0 Å². The average Bonchev–Trinajstić information content (AvgIpc) is 3.07. The Balaban J connectivity index is 1.76. The molecule has 7 heteroatoms. The Bertz CT molecular complexity index is 885. The molecule has 0 saturated carbocycles. The zero-order valence-corrected chi connectivity index (χ0v) is 15.9. The molecule has 2 aromatic carbocycles. The fourth-order valence-electron chi connectivity index (χ4n) is 2.70. The standard InChI is InChI=1S/C19H19BrFN3O2/c1-13-4-2-3-5-16(13)19-22-18(26-23-19)12-24(8-9-25)11-14-10-15(20)6-7-17(14)21/h2-7,10,25H,8-9,11-12H2,1H3. The molecular formula is C19H19BrFN3O2. The fraction of sp³-hybridized carbons (Fsp3) is 0.263. The van der Waals surface area contributed by atoms with Crippen LogP contribution in [-0.2, 0) is 13.1 Å². The largest absolute Gasteiger partial charge is 0.395 e. The molecule has 26 heavy (non-hydrogen) atoms. The first-order chi connectivity index (χ1) is 12.6. The van der Waals surface area contributed by atoms with E-state index in [1.807, 2.05) is 36.1 Å². The van der Waals surface area contributed by atoms with Crippen molar-refractivity contribution < 1.29 is 14.0 Å². The highest BCUT2D eigenvalue weighted by Crippen LogP contribution is 2.21. The van der Waals surface area contributed by atoms with E-state index in [1.165, 1.54) is 6.07 Å². The van der Waals surface area contributed by atoms with Gasteiger partial charge in [0.05, 0.1) is 13.2 Å². The molecule has 0 saturated heterocycles. The summed E-state index contributed by atoms with van der Waals surface area (Å²) < 4.78 is 20.2. The molecule has 5 nitrogen and oxygen atoms in total. The summed E-state index contributed by atoms with van der Waals surface area (Å²) in [5.41, 5.74) is 2.50. The Morgan fingerprint density at radius 1 is 1.19 bits per heavy atom. The van der Waals surface area contributed by atoms with Gasteiger partial charge in [0.15, 0.2) is 0 Å². The molecule has 0 aliphatic rings. The molecule has 0 bridgehead atoms. The van der Waals surface area contributed by atoms with Crippen molar-refractivity contribution in [3.05, 3.63) is 69.8 Å².